The van der Waals surface area contributed by atoms with E-state index >= 15 is 0 Å². The van der Waals surface area contributed by atoms with Crippen LogP contribution in [0.1, 0.15) is 46.1 Å². The molecule has 0 saturated carbocycles. The summed E-state index contributed by atoms with van der Waals surface area (Å²) < 4.78 is 7.88. The highest BCUT2D eigenvalue weighted by Crippen LogP contribution is 2.35. The average molecular weight is 407 g/mol. The van der Waals surface area contributed by atoms with E-state index in [4.69, 9.17) is 10.5 Å². The van der Waals surface area contributed by atoms with Gasteiger partial charge in [0.1, 0.15) is 5.75 Å². The first kappa shape index (κ1) is 18.0. The molecule has 0 heterocycles. The zero-order valence-corrected chi connectivity index (χ0v) is 16.0. The molecule has 0 fully saturated rings. The van der Waals surface area contributed by atoms with E-state index in [1.165, 1.54) is 5.56 Å². The fourth-order valence-corrected chi connectivity index (χ4v) is 3.28. The predicted octanol–water partition coefficient (Wildman–Crippen LogP) is 5.31. The lowest BCUT2D eigenvalue weighted by Gasteiger charge is -2.19. The molecule has 0 spiro atoms. The van der Waals surface area contributed by atoms with Gasteiger partial charge < -0.3 is 10.5 Å². The third-order valence-corrected chi connectivity index (χ3v) is 4.36. The number of hydrogen-bond donors (Lipinski definition) is 1. The Balaban J connectivity index is 2.74. The topological polar surface area (TPSA) is 35.2 Å². The minimum absolute atomic E-state index is 0.210. The lowest BCUT2D eigenvalue weighted by molar-refractivity contribution is 0.241. The van der Waals surface area contributed by atoms with E-state index in [0.29, 0.717) is 6.61 Å². The summed E-state index contributed by atoms with van der Waals surface area (Å²) in [6.45, 7) is 9.48. The SMILES string of the molecule is CCC(N)Cc1cc(Br)c(OCCC(C)(C)C)c(Br)c1. The van der Waals surface area contributed by atoms with Crippen molar-refractivity contribution in [3.05, 3.63) is 26.6 Å². The summed E-state index contributed by atoms with van der Waals surface area (Å²) in [4.78, 5) is 0. The summed E-state index contributed by atoms with van der Waals surface area (Å²) in [5, 5.41) is 0. The van der Waals surface area contributed by atoms with Gasteiger partial charge in [0, 0.05) is 6.04 Å². The third-order valence-electron chi connectivity index (χ3n) is 3.18. The standard InChI is InChI=1S/C16H25Br2NO/c1-5-12(19)8-11-9-13(17)15(14(18)10-11)20-7-6-16(2,3)4/h9-10,12H,5-8,19H2,1-4H3. The first-order chi connectivity index (χ1) is 9.23. The van der Waals surface area contributed by atoms with Gasteiger partial charge in [-0.25, -0.2) is 0 Å². The van der Waals surface area contributed by atoms with Gasteiger partial charge >= 0.3 is 0 Å². The number of rotatable bonds is 6. The van der Waals surface area contributed by atoms with Crippen LogP contribution in [0.3, 0.4) is 0 Å². The van der Waals surface area contributed by atoms with E-state index in [0.717, 1.165) is 34.0 Å². The molecular weight excluding hydrogens is 382 g/mol. The highest BCUT2D eigenvalue weighted by molar-refractivity contribution is 9.11. The summed E-state index contributed by atoms with van der Waals surface area (Å²) in [6.07, 6.45) is 2.89. The van der Waals surface area contributed by atoms with Gasteiger partial charge in [-0.1, -0.05) is 27.7 Å². The molecule has 1 aromatic rings. The lowest BCUT2D eigenvalue weighted by atomic mass is 9.93. The Morgan fingerprint density at radius 2 is 1.75 bits per heavy atom. The molecule has 2 nitrogen and oxygen atoms in total. The van der Waals surface area contributed by atoms with Crippen LogP contribution in [0, 0.1) is 5.41 Å². The minimum Gasteiger partial charge on any atom is -0.491 e. The van der Waals surface area contributed by atoms with Crippen LogP contribution in [0.4, 0.5) is 0 Å². The van der Waals surface area contributed by atoms with Crippen molar-refractivity contribution in [1.29, 1.82) is 0 Å². The van der Waals surface area contributed by atoms with Crippen molar-refractivity contribution >= 4 is 31.9 Å². The zero-order valence-electron chi connectivity index (χ0n) is 12.8. The second-order valence-corrected chi connectivity index (χ2v) is 8.13. The Morgan fingerprint density at radius 1 is 1.20 bits per heavy atom. The van der Waals surface area contributed by atoms with Gasteiger partial charge in [-0.2, -0.15) is 0 Å². The molecule has 0 amide bonds. The van der Waals surface area contributed by atoms with Gasteiger partial charge in [-0.15, -0.1) is 0 Å². The fourth-order valence-electron chi connectivity index (χ4n) is 1.77. The van der Waals surface area contributed by atoms with Gasteiger partial charge in [0.25, 0.3) is 0 Å². The molecule has 1 atom stereocenters. The molecule has 20 heavy (non-hydrogen) atoms. The van der Waals surface area contributed by atoms with Crippen LogP contribution in [-0.2, 0) is 6.42 Å². The molecule has 0 radical (unpaired) electrons. The summed E-state index contributed by atoms with van der Waals surface area (Å²) in [7, 11) is 0. The Kier molecular flexibility index (Phi) is 7.02. The van der Waals surface area contributed by atoms with Crippen LogP contribution in [0.2, 0.25) is 0 Å². The molecule has 0 bridgehead atoms. The minimum atomic E-state index is 0.210. The van der Waals surface area contributed by atoms with Crippen LogP contribution in [0.15, 0.2) is 21.1 Å². The Bertz CT molecular complexity index is 418. The molecule has 1 rings (SSSR count). The Morgan fingerprint density at radius 3 is 2.20 bits per heavy atom. The molecule has 2 N–H and O–H groups in total. The van der Waals surface area contributed by atoms with Gasteiger partial charge in [0.15, 0.2) is 0 Å². The summed E-state index contributed by atoms with van der Waals surface area (Å²) >= 11 is 7.19. The maximum Gasteiger partial charge on any atom is 0.147 e. The molecular formula is C16H25Br2NO. The number of ether oxygens (including phenoxy) is 1. The molecule has 0 aliphatic carbocycles. The maximum atomic E-state index is 6.01. The summed E-state index contributed by atoms with van der Waals surface area (Å²) in [5.74, 6) is 0.878. The van der Waals surface area contributed by atoms with Crippen molar-refractivity contribution in [2.45, 2.75) is 53.0 Å². The van der Waals surface area contributed by atoms with E-state index in [1.807, 2.05) is 0 Å². The monoisotopic (exact) mass is 405 g/mol. The zero-order chi connectivity index (χ0) is 15.3. The quantitative estimate of drug-likeness (QED) is 0.694. The van der Waals surface area contributed by atoms with Crippen molar-refractivity contribution in [1.82, 2.24) is 0 Å². The number of halogens is 2. The Hall–Kier alpha value is -0.0600. The molecule has 4 heteroatoms. The van der Waals surface area contributed by atoms with Crippen molar-refractivity contribution < 1.29 is 4.74 Å². The lowest BCUT2D eigenvalue weighted by Crippen LogP contribution is -2.21. The largest absolute Gasteiger partial charge is 0.491 e. The van der Waals surface area contributed by atoms with E-state index in [2.05, 4.69) is 71.7 Å². The number of hydrogen-bond acceptors (Lipinski definition) is 2. The van der Waals surface area contributed by atoms with Crippen LogP contribution in [-0.4, -0.2) is 12.6 Å². The van der Waals surface area contributed by atoms with Crippen molar-refractivity contribution in [3.63, 3.8) is 0 Å². The van der Waals surface area contributed by atoms with Gasteiger partial charge in [0.2, 0.25) is 0 Å². The first-order valence-electron chi connectivity index (χ1n) is 7.09. The molecule has 1 unspecified atom stereocenters. The van der Waals surface area contributed by atoms with Crippen molar-refractivity contribution in [3.8, 4) is 5.75 Å². The van der Waals surface area contributed by atoms with E-state index in [1.54, 1.807) is 0 Å². The summed E-state index contributed by atoms with van der Waals surface area (Å²) in [5.41, 5.74) is 7.52. The predicted molar refractivity (Wildman–Crippen MR) is 93.4 cm³/mol. The second-order valence-electron chi connectivity index (χ2n) is 6.42. The molecule has 114 valence electrons. The maximum absolute atomic E-state index is 6.01. The van der Waals surface area contributed by atoms with Crippen LogP contribution in [0.5, 0.6) is 5.75 Å². The number of benzene rings is 1. The highest BCUT2D eigenvalue weighted by atomic mass is 79.9. The fraction of sp³-hybridized carbons (Fsp3) is 0.625. The Labute approximate surface area is 139 Å². The molecule has 0 aliphatic rings. The van der Waals surface area contributed by atoms with Gasteiger partial charge in [-0.3, -0.25) is 0 Å². The molecule has 0 saturated heterocycles. The smallest absolute Gasteiger partial charge is 0.147 e. The average Bonchev–Trinajstić information content (AvgIpc) is 2.31. The first-order valence-corrected chi connectivity index (χ1v) is 8.68. The van der Waals surface area contributed by atoms with Crippen molar-refractivity contribution in [2.75, 3.05) is 6.61 Å². The summed E-state index contributed by atoms with van der Waals surface area (Å²) in [6, 6.07) is 4.42. The third kappa shape index (κ3) is 6.15. The normalized spacial score (nSPS) is 13.3. The highest BCUT2D eigenvalue weighted by Gasteiger charge is 2.14. The molecule has 0 aromatic heterocycles. The molecule has 0 aliphatic heterocycles. The van der Waals surface area contributed by atoms with Crippen LogP contribution < -0.4 is 10.5 Å². The van der Waals surface area contributed by atoms with Crippen LogP contribution >= 0.6 is 31.9 Å². The van der Waals surface area contributed by atoms with Gasteiger partial charge in [0.05, 0.1) is 15.6 Å². The van der Waals surface area contributed by atoms with E-state index < -0.39 is 0 Å². The number of nitrogens with two attached hydrogens (primary N) is 1. The van der Waals surface area contributed by atoms with Crippen molar-refractivity contribution in [2.24, 2.45) is 11.1 Å². The molecule has 1 aromatic carbocycles. The van der Waals surface area contributed by atoms with E-state index in [9.17, 15) is 0 Å². The van der Waals surface area contributed by atoms with E-state index in [-0.39, 0.29) is 11.5 Å². The second kappa shape index (κ2) is 7.81. The van der Waals surface area contributed by atoms with Gasteiger partial charge in [-0.05, 0) is 74.2 Å². The van der Waals surface area contributed by atoms with Crippen LogP contribution in [0.25, 0.3) is 0 Å².